The predicted molar refractivity (Wildman–Crippen MR) is 55.1 cm³/mol. The molecule has 3 N–H and O–H groups in total. The maximum Gasteiger partial charge on any atom is 0.521 e. The molecule has 1 unspecified atom stereocenters. The van der Waals surface area contributed by atoms with E-state index in [1.54, 1.807) is 0 Å². The maximum absolute atomic E-state index is 11.9. The first kappa shape index (κ1) is 12.1. The van der Waals surface area contributed by atoms with E-state index in [0.717, 1.165) is 12.8 Å². The molecule has 2 amide bonds. The summed E-state index contributed by atoms with van der Waals surface area (Å²) in [5, 5.41) is 9.22. The highest BCUT2D eigenvalue weighted by atomic mass is 16.4. The monoisotopic (exact) mass is 215 g/mol. The van der Waals surface area contributed by atoms with Crippen molar-refractivity contribution in [1.82, 2.24) is 0 Å². The van der Waals surface area contributed by atoms with Crippen LogP contribution in [0.5, 0.6) is 0 Å². The summed E-state index contributed by atoms with van der Waals surface area (Å²) >= 11 is 0. The van der Waals surface area contributed by atoms with Crippen molar-refractivity contribution in [2.24, 2.45) is 5.73 Å². The summed E-state index contributed by atoms with van der Waals surface area (Å²) in [5.41, 5.74) is 5.32. The van der Waals surface area contributed by atoms with Crippen LogP contribution in [0.1, 0.15) is 32.6 Å². The molecular weight excluding hydrogens is 196 g/mol. The van der Waals surface area contributed by atoms with E-state index >= 15 is 0 Å². The second-order valence-corrected chi connectivity index (χ2v) is 4.15. The lowest BCUT2D eigenvalue weighted by atomic mass is 10.2. The van der Waals surface area contributed by atoms with Gasteiger partial charge < -0.3 is 10.8 Å². The lowest BCUT2D eigenvalue weighted by Crippen LogP contribution is -2.58. The van der Waals surface area contributed by atoms with Crippen molar-refractivity contribution in [3.63, 3.8) is 0 Å². The van der Waals surface area contributed by atoms with Crippen molar-refractivity contribution in [3.05, 3.63) is 0 Å². The maximum atomic E-state index is 11.9. The molecule has 1 aliphatic heterocycles. The first-order valence-corrected chi connectivity index (χ1v) is 5.40. The van der Waals surface area contributed by atoms with Gasteiger partial charge in [0.15, 0.2) is 0 Å². The number of quaternary nitrogens is 1. The van der Waals surface area contributed by atoms with Crippen LogP contribution in [0.3, 0.4) is 0 Å². The fourth-order valence-electron chi connectivity index (χ4n) is 2.29. The third-order valence-corrected chi connectivity index (χ3v) is 3.27. The predicted octanol–water partition coefficient (Wildman–Crippen LogP) is 0.929. The fraction of sp³-hybridized carbons (Fsp3) is 0.800. The summed E-state index contributed by atoms with van der Waals surface area (Å²) in [5.74, 6) is -0.196. The average molecular weight is 215 g/mol. The normalized spacial score (nSPS) is 30.4. The van der Waals surface area contributed by atoms with Gasteiger partial charge in [0.25, 0.3) is 0 Å². The van der Waals surface area contributed by atoms with E-state index < -0.39 is 6.09 Å². The number of hydrogen-bond acceptors (Lipinski definition) is 3. The van der Waals surface area contributed by atoms with Crippen LogP contribution >= 0.6 is 0 Å². The Morgan fingerprint density at radius 1 is 1.53 bits per heavy atom. The molecule has 5 nitrogen and oxygen atoms in total. The standard InChI is InChI=1S/C10H18N2O3/c1-8-4-3-7-12(8,10(14)15)9(13)5-2-6-11/h8H,2-7,11H2,1H3/p+1/t8-,12?/m1/s1. The molecule has 2 atom stereocenters. The molecule has 15 heavy (non-hydrogen) atoms. The quantitative estimate of drug-likeness (QED) is 0.686. The smallest absolute Gasteiger partial charge is 0.435 e. The summed E-state index contributed by atoms with van der Waals surface area (Å²) in [7, 11) is 0. The number of carbonyl (C=O) groups excluding carboxylic acids is 1. The number of amides is 2. The molecule has 0 bridgehead atoms. The minimum absolute atomic E-state index is 0.104. The lowest BCUT2D eigenvalue weighted by molar-refractivity contribution is -0.792. The molecule has 1 heterocycles. The Kier molecular flexibility index (Phi) is 3.82. The van der Waals surface area contributed by atoms with Crippen LogP contribution in [0.15, 0.2) is 0 Å². The first-order valence-electron chi connectivity index (χ1n) is 5.40. The zero-order valence-corrected chi connectivity index (χ0v) is 9.11. The number of imide groups is 1. The number of nitrogens with two attached hydrogens (primary N) is 1. The van der Waals surface area contributed by atoms with E-state index in [4.69, 9.17) is 5.73 Å². The molecule has 86 valence electrons. The van der Waals surface area contributed by atoms with Crippen molar-refractivity contribution in [3.8, 4) is 0 Å². The van der Waals surface area contributed by atoms with Crippen LogP contribution in [0.2, 0.25) is 0 Å². The Morgan fingerprint density at radius 2 is 2.20 bits per heavy atom. The Morgan fingerprint density at radius 3 is 2.60 bits per heavy atom. The van der Waals surface area contributed by atoms with Gasteiger partial charge in [0.2, 0.25) is 0 Å². The summed E-state index contributed by atoms with van der Waals surface area (Å²) in [6, 6.07) is -0.104. The Bertz CT molecular complexity index is 267. The highest BCUT2D eigenvalue weighted by Gasteiger charge is 2.52. The van der Waals surface area contributed by atoms with Crippen LogP contribution in [0, 0.1) is 0 Å². The summed E-state index contributed by atoms with van der Waals surface area (Å²) in [6.07, 6.45) is 1.44. The van der Waals surface area contributed by atoms with Gasteiger partial charge in [-0.3, -0.25) is 0 Å². The van der Waals surface area contributed by atoms with Gasteiger partial charge >= 0.3 is 12.0 Å². The van der Waals surface area contributed by atoms with Crippen LogP contribution in [-0.2, 0) is 4.79 Å². The van der Waals surface area contributed by atoms with Crippen molar-refractivity contribution in [2.45, 2.75) is 38.6 Å². The number of rotatable bonds is 3. The fourth-order valence-corrected chi connectivity index (χ4v) is 2.29. The molecule has 0 spiro atoms. The zero-order valence-electron chi connectivity index (χ0n) is 9.11. The van der Waals surface area contributed by atoms with Gasteiger partial charge in [-0.2, -0.15) is 9.28 Å². The Balaban J connectivity index is 2.82. The number of hydrogen-bond donors (Lipinski definition) is 2. The topological polar surface area (TPSA) is 80.4 Å². The third-order valence-electron chi connectivity index (χ3n) is 3.27. The second kappa shape index (κ2) is 4.72. The zero-order chi connectivity index (χ0) is 11.5. The third kappa shape index (κ3) is 2.03. The van der Waals surface area contributed by atoms with E-state index in [0.29, 0.717) is 19.5 Å². The highest BCUT2D eigenvalue weighted by Crippen LogP contribution is 2.28. The van der Waals surface area contributed by atoms with Gasteiger partial charge in [-0.05, 0) is 19.9 Å². The molecule has 5 heteroatoms. The molecular formula is C10H19N2O3+. The van der Waals surface area contributed by atoms with Gasteiger partial charge in [-0.1, -0.05) is 0 Å². The van der Waals surface area contributed by atoms with Gasteiger partial charge in [0.05, 0.1) is 13.0 Å². The van der Waals surface area contributed by atoms with Crippen molar-refractivity contribution >= 4 is 12.0 Å². The van der Waals surface area contributed by atoms with Crippen LogP contribution in [-0.4, -0.2) is 40.7 Å². The van der Waals surface area contributed by atoms with Crippen molar-refractivity contribution in [2.75, 3.05) is 13.1 Å². The molecule has 0 aromatic rings. The molecule has 0 radical (unpaired) electrons. The second-order valence-electron chi connectivity index (χ2n) is 4.15. The van der Waals surface area contributed by atoms with E-state index in [2.05, 4.69) is 0 Å². The first-order chi connectivity index (χ1) is 7.05. The summed E-state index contributed by atoms with van der Waals surface area (Å²) in [6.45, 7) is 2.70. The van der Waals surface area contributed by atoms with E-state index in [9.17, 15) is 14.7 Å². The number of nitrogens with zero attached hydrogens (tertiary/aromatic N) is 1. The van der Waals surface area contributed by atoms with E-state index in [-0.39, 0.29) is 22.9 Å². The van der Waals surface area contributed by atoms with E-state index in [1.165, 1.54) is 0 Å². The molecule has 0 aromatic heterocycles. The SMILES string of the molecule is C[C@@H]1CCC[N+]1(C(=O)O)C(=O)CCCN. The molecule has 0 saturated carbocycles. The largest absolute Gasteiger partial charge is 0.521 e. The van der Waals surface area contributed by atoms with Gasteiger partial charge in [-0.15, -0.1) is 0 Å². The van der Waals surface area contributed by atoms with E-state index in [1.807, 2.05) is 6.92 Å². The molecule has 1 fully saturated rings. The van der Waals surface area contributed by atoms with Gasteiger partial charge in [0.1, 0.15) is 6.04 Å². The Hall–Kier alpha value is -0.940. The molecule has 1 aliphatic rings. The number of likely N-dealkylation sites (tertiary alicyclic amines) is 1. The molecule has 1 saturated heterocycles. The van der Waals surface area contributed by atoms with Crippen LogP contribution in [0.25, 0.3) is 0 Å². The average Bonchev–Trinajstić information content (AvgIpc) is 2.57. The Labute approximate surface area is 89.4 Å². The minimum atomic E-state index is -1.01. The minimum Gasteiger partial charge on any atom is -0.435 e. The van der Waals surface area contributed by atoms with Crippen LogP contribution in [0.4, 0.5) is 4.79 Å². The number of carbonyl (C=O) groups is 2. The molecule has 0 aromatic carbocycles. The lowest BCUT2D eigenvalue weighted by Gasteiger charge is -2.29. The van der Waals surface area contributed by atoms with Gasteiger partial charge in [0, 0.05) is 12.8 Å². The molecule has 1 rings (SSSR count). The number of carboxylic acid groups (broad SMARTS) is 1. The molecule has 0 aliphatic carbocycles. The van der Waals surface area contributed by atoms with Crippen molar-refractivity contribution < 1.29 is 19.2 Å². The van der Waals surface area contributed by atoms with Crippen molar-refractivity contribution in [1.29, 1.82) is 0 Å². The summed E-state index contributed by atoms with van der Waals surface area (Å²) in [4.78, 5) is 23.2. The van der Waals surface area contributed by atoms with Crippen LogP contribution < -0.4 is 5.73 Å². The van der Waals surface area contributed by atoms with Gasteiger partial charge in [-0.25, -0.2) is 4.79 Å². The summed E-state index contributed by atoms with van der Waals surface area (Å²) < 4.78 is -0.389. The highest BCUT2D eigenvalue weighted by molar-refractivity contribution is 5.80.